The predicted octanol–water partition coefficient (Wildman–Crippen LogP) is 1.93. The second-order valence-corrected chi connectivity index (χ2v) is 5.06. The lowest BCUT2D eigenvalue weighted by atomic mass is 10.3. The highest BCUT2D eigenvalue weighted by Crippen LogP contribution is 2.39. The van der Waals surface area contributed by atoms with Crippen LogP contribution in [0.25, 0.3) is 0 Å². The third-order valence-corrected chi connectivity index (χ3v) is 2.60. The molecule has 0 saturated heterocycles. The molecule has 2 nitrogen and oxygen atoms in total. The minimum Gasteiger partial charge on any atom is -0.430 e. The Hall–Kier alpha value is 0.170. The number of esters is 1. The topological polar surface area (TPSA) is 26.3 Å². The van der Waals surface area contributed by atoms with Gasteiger partial charge in [-0.3, -0.25) is 0 Å². The van der Waals surface area contributed by atoms with Gasteiger partial charge in [-0.15, -0.1) is 0 Å². The van der Waals surface area contributed by atoms with Crippen molar-refractivity contribution in [3.05, 3.63) is 11.6 Å². The number of cyclic esters (lactones) is 1. The summed E-state index contributed by atoms with van der Waals surface area (Å²) < 4.78 is 4.02. The number of ether oxygens (including phenoxy) is 1. The summed E-state index contributed by atoms with van der Waals surface area (Å²) in [6.45, 7) is 1.80. The van der Waals surface area contributed by atoms with Gasteiger partial charge in [0.1, 0.15) is 0 Å². The van der Waals surface area contributed by atoms with E-state index in [1.165, 1.54) is 6.08 Å². The van der Waals surface area contributed by atoms with E-state index in [0.717, 1.165) is 5.57 Å². The first kappa shape index (κ1) is 7.28. The summed E-state index contributed by atoms with van der Waals surface area (Å²) in [6.07, 6.45) is 1.43. The first-order valence-electron chi connectivity index (χ1n) is 2.32. The van der Waals surface area contributed by atoms with Gasteiger partial charge in [0.15, 0.2) is 0 Å². The van der Waals surface area contributed by atoms with E-state index in [9.17, 15) is 4.79 Å². The van der Waals surface area contributed by atoms with Crippen LogP contribution in [-0.4, -0.2) is 9.39 Å². The van der Waals surface area contributed by atoms with Gasteiger partial charge in [0.25, 0.3) is 0 Å². The van der Waals surface area contributed by atoms with Crippen LogP contribution in [0.15, 0.2) is 11.6 Å². The molecule has 1 rings (SSSR count). The second kappa shape index (κ2) is 2.09. The van der Waals surface area contributed by atoms with E-state index in [0.29, 0.717) is 0 Å². The summed E-state index contributed by atoms with van der Waals surface area (Å²) in [7, 11) is 0. The first-order valence-corrected chi connectivity index (χ1v) is 3.90. The van der Waals surface area contributed by atoms with Crippen LogP contribution in [0.2, 0.25) is 0 Å². The van der Waals surface area contributed by atoms with Crippen molar-refractivity contribution in [2.24, 2.45) is 0 Å². The number of hydrogen-bond donors (Lipinski definition) is 0. The molecule has 0 aliphatic carbocycles. The molecular formula is C5H4Br2O2. The number of alkyl halides is 2. The molecule has 0 aromatic rings. The van der Waals surface area contributed by atoms with Crippen LogP contribution in [0, 0.1) is 0 Å². The Morgan fingerprint density at radius 3 is 2.33 bits per heavy atom. The summed E-state index contributed by atoms with van der Waals surface area (Å²) in [4.78, 5) is 10.5. The van der Waals surface area contributed by atoms with Crippen molar-refractivity contribution in [3.8, 4) is 0 Å². The molecule has 0 fully saturated rings. The minimum absolute atomic E-state index is 0.318. The standard InChI is InChI=1S/C5H4Br2O2/c1-3-2-4(8)9-5(3,6)7/h2H,1H3. The van der Waals surface area contributed by atoms with Crippen LogP contribution in [0.1, 0.15) is 6.92 Å². The monoisotopic (exact) mass is 254 g/mol. The van der Waals surface area contributed by atoms with E-state index >= 15 is 0 Å². The molecule has 0 aromatic heterocycles. The Labute approximate surface area is 69.5 Å². The van der Waals surface area contributed by atoms with Crippen LogP contribution >= 0.6 is 31.9 Å². The van der Waals surface area contributed by atoms with Crippen LogP contribution in [0.3, 0.4) is 0 Å². The number of hydrogen-bond acceptors (Lipinski definition) is 2. The average Bonchev–Trinajstić information content (AvgIpc) is 1.79. The molecule has 0 amide bonds. The molecule has 9 heavy (non-hydrogen) atoms. The molecule has 4 heteroatoms. The summed E-state index contributed by atoms with van der Waals surface area (Å²) in [5.74, 6) is -0.318. The molecule has 0 bridgehead atoms. The Balaban J connectivity index is 2.89. The zero-order valence-electron chi connectivity index (χ0n) is 4.65. The van der Waals surface area contributed by atoms with Crippen LogP contribution < -0.4 is 0 Å². The highest BCUT2D eigenvalue weighted by molar-refractivity contribution is 9.25. The Morgan fingerprint density at radius 1 is 1.67 bits per heavy atom. The van der Waals surface area contributed by atoms with Gasteiger partial charge in [0, 0.05) is 6.08 Å². The van der Waals surface area contributed by atoms with E-state index in [-0.39, 0.29) is 5.97 Å². The van der Waals surface area contributed by atoms with Gasteiger partial charge in [0.2, 0.25) is 3.42 Å². The SMILES string of the molecule is CC1=CC(=O)OC1(Br)Br. The van der Waals surface area contributed by atoms with Crippen molar-refractivity contribution >= 4 is 37.8 Å². The molecular weight excluding hydrogens is 252 g/mol. The highest BCUT2D eigenvalue weighted by Gasteiger charge is 2.34. The van der Waals surface area contributed by atoms with E-state index < -0.39 is 3.42 Å². The second-order valence-electron chi connectivity index (χ2n) is 1.77. The van der Waals surface area contributed by atoms with Gasteiger partial charge >= 0.3 is 5.97 Å². The zero-order valence-corrected chi connectivity index (χ0v) is 7.82. The molecule has 50 valence electrons. The van der Waals surface area contributed by atoms with E-state index in [1.807, 2.05) is 0 Å². The molecule has 0 N–H and O–H groups in total. The van der Waals surface area contributed by atoms with Gasteiger partial charge in [-0.05, 0) is 44.4 Å². The maximum Gasteiger partial charge on any atom is 0.333 e. The molecule has 0 spiro atoms. The van der Waals surface area contributed by atoms with E-state index in [4.69, 9.17) is 4.74 Å². The van der Waals surface area contributed by atoms with Gasteiger partial charge in [-0.1, -0.05) is 0 Å². The van der Waals surface area contributed by atoms with Gasteiger partial charge < -0.3 is 4.74 Å². The quantitative estimate of drug-likeness (QED) is 0.489. The lowest BCUT2D eigenvalue weighted by Crippen LogP contribution is -2.12. The van der Waals surface area contributed by atoms with Crippen molar-refractivity contribution in [3.63, 3.8) is 0 Å². The number of carbonyl (C=O) groups is 1. The molecule has 0 unspecified atom stereocenters. The minimum atomic E-state index is -0.739. The summed E-state index contributed by atoms with van der Waals surface area (Å²) in [5, 5.41) is 0. The summed E-state index contributed by atoms with van der Waals surface area (Å²) in [5.41, 5.74) is 0.826. The maximum atomic E-state index is 10.5. The maximum absolute atomic E-state index is 10.5. The van der Waals surface area contributed by atoms with Gasteiger partial charge in [-0.25, -0.2) is 4.79 Å². The Morgan fingerprint density at radius 2 is 2.22 bits per heavy atom. The van der Waals surface area contributed by atoms with Crippen LogP contribution in [0.5, 0.6) is 0 Å². The molecule has 1 heterocycles. The van der Waals surface area contributed by atoms with Crippen LogP contribution in [-0.2, 0) is 9.53 Å². The smallest absolute Gasteiger partial charge is 0.333 e. The largest absolute Gasteiger partial charge is 0.430 e. The fraction of sp³-hybridized carbons (Fsp3) is 0.400. The van der Waals surface area contributed by atoms with Crippen molar-refractivity contribution < 1.29 is 9.53 Å². The number of carbonyl (C=O) groups excluding carboxylic acids is 1. The van der Waals surface area contributed by atoms with Crippen LogP contribution in [0.4, 0.5) is 0 Å². The Kier molecular flexibility index (Phi) is 1.69. The molecule has 0 radical (unpaired) electrons. The molecule has 1 aliphatic rings. The summed E-state index contributed by atoms with van der Waals surface area (Å²) in [6, 6.07) is 0. The fourth-order valence-corrected chi connectivity index (χ4v) is 1.05. The lowest BCUT2D eigenvalue weighted by Gasteiger charge is -2.12. The summed E-state index contributed by atoms with van der Waals surface area (Å²) >= 11 is 6.31. The van der Waals surface area contributed by atoms with Crippen molar-refractivity contribution in [2.75, 3.05) is 0 Å². The number of halogens is 2. The fourth-order valence-electron chi connectivity index (χ4n) is 0.497. The first-order chi connectivity index (χ1) is 4.02. The third-order valence-electron chi connectivity index (χ3n) is 1.02. The normalized spacial score (nSPS) is 23.4. The van der Waals surface area contributed by atoms with Crippen molar-refractivity contribution in [2.45, 2.75) is 10.3 Å². The molecule has 0 atom stereocenters. The third kappa shape index (κ3) is 1.35. The molecule has 0 saturated carbocycles. The Bertz CT molecular complexity index is 183. The van der Waals surface area contributed by atoms with Gasteiger partial charge in [0.05, 0.1) is 0 Å². The van der Waals surface area contributed by atoms with Crippen molar-refractivity contribution in [1.29, 1.82) is 0 Å². The zero-order chi connectivity index (χ0) is 7.07. The average molecular weight is 256 g/mol. The highest BCUT2D eigenvalue weighted by atomic mass is 79.9. The molecule has 0 aromatic carbocycles. The van der Waals surface area contributed by atoms with E-state index in [2.05, 4.69) is 31.9 Å². The van der Waals surface area contributed by atoms with Gasteiger partial charge in [-0.2, -0.15) is 0 Å². The molecule has 1 aliphatic heterocycles. The van der Waals surface area contributed by atoms with E-state index in [1.54, 1.807) is 6.92 Å². The number of rotatable bonds is 0. The lowest BCUT2D eigenvalue weighted by molar-refractivity contribution is -0.136. The van der Waals surface area contributed by atoms with Crippen molar-refractivity contribution in [1.82, 2.24) is 0 Å². The predicted molar refractivity (Wildman–Crippen MR) is 40.4 cm³/mol.